The quantitative estimate of drug-likeness (QED) is 0.360. The van der Waals surface area contributed by atoms with Gasteiger partial charge in [-0.3, -0.25) is 19.2 Å². The van der Waals surface area contributed by atoms with Crippen LogP contribution in [0.5, 0.6) is 0 Å². The monoisotopic (exact) mass is 613 g/mol. The van der Waals surface area contributed by atoms with Crippen LogP contribution in [0.2, 0.25) is 0 Å². The van der Waals surface area contributed by atoms with E-state index in [0.717, 1.165) is 12.8 Å². The summed E-state index contributed by atoms with van der Waals surface area (Å²) >= 11 is 0. The number of nitrogens with two attached hydrogens (primary N) is 1. The molecule has 3 atom stereocenters. The lowest BCUT2D eigenvalue weighted by molar-refractivity contribution is -0.158. The van der Waals surface area contributed by atoms with Gasteiger partial charge in [-0.25, -0.2) is 9.07 Å². The molecule has 2 aliphatic rings. The van der Waals surface area contributed by atoms with Crippen molar-refractivity contribution in [2.45, 2.75) is 97.3 Å². The molecule has 1 heterocycles. The van der Waals surface area contributed by atoms with Gasteiger partial charge in [0.25, 0.3) is 5.91 Å². The van der Waals surface area contributed by atoms with Crippen LogP contribution in [0.3, 0.4) is 0 Å². The van der Waals surface area contributed by atoms with E-state index in [0.29, 0.717) is 55.6 Å². The molecule has 44 heavy (non-hydrogen) atoms. The van der Waals surface area contributed by atoms with Gasteiger partial charge in [0.1, 0.15) is 17.9 Å². The van der Waals surface area contributed by atoms with E-state index >= 15 is 4.39 Å². The Hall–Kier alpha value is -3.80. The molecular formula is C32H44FN5O6. The van der Waals surface area contributed by atoms with Gasteiger partial charge in [0.05, 0.1) is 40.7 Å². The van der Waals surface area contributed by atoms with Gasteiger partial charge < -0.3 is 25.4 Å². The maximum absolute atomic E-state index is 16.5. The van der Waals surface area contributed by atoms with Crippen molar-refractivity contribution in [3.05, 3.63) is 40.5 Å². The molecule has 3 N–H and O–H groups in total. The Labute approximate surface area is 257 Å². The molecule has 1 aromatic heterocycles. The molecule has 2 aliphatic carbocycles. The Bertz CT molecular complexity index is 1430. The minimum Gasteiger partial charge on any atom is -0.461 e. The number of rotatable bonds is 11. The largest absolute Gasteiger partial charge is 0.461 e. The van der Waals surface area contributed by atoms with Crippen molar-refractivity contribution in [1.82, 2.24) is 14.7 Å². The number of primary amides is 1. The van der Waals surface area contributed by atoms with Gasteiger partial charge in [-0.15, -0.1) is 0 Å². The molecule has 0 aliphatic heterocycles. The van der Waals surface area contributed by atoms with Crippen LogP contribution in [0, 0.1) is 11.2 Å². The van der Waals surface area contributed by atoms with Gasteiger partial charge in [0.15, 0.2) is 11.6 Å². The molecule has 12 heteroatoms. The Morgan fingerprint density at radius 1 is 1.20 bits per heavy atom. The molecule has 1 fully saturated rings. The van der Waals surface area contributed by atoms with Gasteiger partial charge in [-0.1, -0.05) is 27.2 Å². The predicted octanol–water partition coefficient (Wildman–Crippen LogP) is 3.98. The topological polar surface area (TPSA) is 146 Å². The third-order valence-corrected chi connectivity index (χ3v) is 8.18. The van der Waals surface area contributed by atoms with Crippen LogP contribution < -0.4 is 11.1 Å². The number of esters is 2. The SMILES string of the molecule is CCc1nn(-c2ccc(C(N)=O)c(NC3CCCCC3OC(=O)CC(CN(C)C)OC(C)=O)c2F)c2c1C(=O)CC(C)(C)C2. The number of nitrogens with one attached hydrogen (secondary N) is 1. The van der Waals surface area contributed by atoms with Crippen molar-refractivity contribution in [1.29, 1.82) is 0 Å². The number of likely N-dealkylation sites (N-methyl/N-ethyl adjacent to an activating group) is 1. The van der Waals surface area contributed by atoms with Crippen LogP contribution in [0.15, 0.2) is 12.1 Å². The van der Waals surface area contributed by atoms with Crippen molar-refractivity contribution in [2.24, 2.45) is 11.1 Å². The van der Waals surface area contributed by atoms with Crippen LogP contribution in [0.4, 0.5) is 10.1 Å². The molecule has 11 nitrogen and oxygen atoms in total. The first kappa shape index (κ1) is 33.1. The Kier molecular flexibility index (Phi) is 10.1. The lowest BCUT2D eigenvalue weighted by Crippen LogP contribution is -2.41. The van der Waals surface area contributed by atoms with Gasteiger partial charge in [-0.05, 0) is 63.7 Å². The number of amides is 1. The maximum Gasteiger partial charge on any atom is 0.309 e. The van der Waals surface area contributed by atoms with Crippen molar-refractivity contribution in [3.63, 3.8) is 0 Å². The number of carbonyl (C=O) groups is 4. The summed E-state index contributed by atoms with van der Waals surface area (Å²) in [6.45, 7) is 7.53. The van der Waals surface area contributed by atoms with Crippen LogP contribution >= 0.6 is 0 Å². The summed E-state index contributed by atoms with van der Waals surface area (Å²) in [6.07, 6.45) is 2.71. The summed E-state index contributed by atoms with van der Waals surface area (Å²) in [7, 11) is 3.62. The minimum atomic E-state index is -0.816. The molecule has 1 aromatic carbocycles. The summed E-state index contributed by atoms with van der Waals surface area (Å²) in [4.78, 5) is 51.9. The number of anilines is 1. The van der Waals surface area contributed by atoms with Crippen molar-refractivity contribution in [3.8, 4) is 5.69 Å². The summed E-state index contributed by atoms with van der Waals surface area (Å²) in [5.41, 5.74) is 7.09. The molecule has 1 saturated carbocycles. The molecule has 0 saturated heterocycles. The molecule has 3 unspecified atom stereocenters. The van der Waals surface area contributed by atoms with Crippen molar-refractivity contribution < 1.29 is 33.0 Å². The van der Waals surface area contributed by atoms with E-state index in [1.54, 1.807) is 0 Å². The third-order valence-electron chi connectivity index (χ3n) is 8.18. The molecule has 4 rings (SSSR count). The average Bonchev–Trinajstić information content (AvgIpc) is 3.27. The van der Waals surface area contributed by atoms with E-state index in [1.807, 2.05) is 39.8 Å². The Morgan fingerprint density at radius 3 is 2.55 bits per heavy atom. The molecule has 2 aromatic rings. The number of aryl methyl sites for hydroxylation is 1. The van der Waals surface area contributed by atoms with Gasteiger partial charge in [-0.2, -0.15) is 5.10 Å². The second kappa shape index (κ2) is 13.5. The number of hydrogen-bond acceptors (Lipinski definition) is 9. The normalized spacial score (nSPS) is 20.1. The number of Topliss-reactive ketones (excluding diaryl/α,β-unsaturated/α-hetero) is 1. The Balaban J connectivity index is 1.65. The number of aromatic nitrogens is 2. The average molecular weight is 614 g/mol. The van der Waals surface area contributed by atoms with E-state index in [-0.39, 0.29) is 34.6 Å². The van der Waals surface area contributed by atoms with E-state index in [2.05, 4.69) is 10.4 Å². The lowest BCUT2D eigenvalue weighted by atomic mass is 9.75. The van der Waals surface area contributed by atoms with Crippen LogP contribution in [-0.4, -0.2) is 77.2 Å². The van der Waals surface area contributed by atoms with Gasteiger partial charge >= 0.3 is 11.9 Å². The number of ketones is 1. The molecule has 0 radical (unpaired) electrons. The molecular weight excluding hydrogens is 569 g/mol. The van der Waals surface area contributed by atoms with Crippen molar-refractivity contribution >= 4 is 29.3 Å². The van der Waals surface area contributed by atoms with Gasteiger partial charge in [0, 0.05) is 19.9 Å². The Morgan fingerprint density at radius 2 is 1.91 bits per heavy atom. The highest BCUT2D eigenvalue weighted by molar-refractivity contribution is 6.00. The summed E-state index contributed by atoms with van der Waals surface area (Å²) in [5, 5.41) is 7.80. The third kappa shape index (κ3) is 7.46. The number of carbonyl (C=O) groups excluding carboxylic acids is 4. The smallest absolute Gasteiger partial charge is 0.309 e. The highest BCUT2D eigenvalue weighted by Gasteiger charge is 2.37. The first-order valence-corrected chi connectivity index (χ1v) is 15.2. The predicted molar refractivity (Wildman–Crippen MR) is 162 cm³/mol. The highest BCUT2D eigenvalue weighted by Crippen LogP contribution is 2.39. The molecule has 0 bridgehead atoms. The second-order valence-corrected chi connectivity index (χ2v) is 12.9. The minimum absolute atomic E-state index is 0.0137. The summed E-state index contributed by atoms with van der Waals surface area (Å²) in [5.74, 6) is -2.59. The first-order chi connectivity index (χ1) is 20.7. The fourth-order valence-electron chi connectivity index (χ4n) is 6.33. The summed E-state index contributed by atoms with van der Waals surface area (Å²) in [6, 6.07) is 2.40. The maximum atomic E-state index is 16.5. The molecule has 1 amide bonds. The molecule has 0 spiro atoms. The van der Waals surface area contributed by atoms with Crippen LogP contribution in [0.1, 0.15) is 98.3 Å². The zero-order valence-electron chi connectivity index (χ0n) is 26.5. The van der Waals surface area contributed by atoms with Crippen LogP contribution in [0.25, 0.3) is 5.69 Å². The van der Waals surface area contributed by atoms with Gasteiger partial charge in [0.2, 0.25) is 0 Å². The summed E-state index contributed by atoms with van der Waals surface area (Å²) < 4.78 is 29.2. The van der Waals surface area contributed by atoms with Crippen molar-refractivity contribution in [2.75, 3.05) is 26.0 Å². The van der Waals surface area contributed by atoms with E-state index in [4.69, 9.17) is 15.2 Å². The highest BCUT2D eigenvalue weighted by atomic mass is 19.1. The number of hydrogen-bond donors (Lipinski definition) is 2. The van der Waals surface area contributed by atoms with Crippen LogP contribution in [-0.2, 0) is 31.9 Å². The number of benzene rings is 1. The zero-order chi connectivity index (χ0) is 32.3. The number of ether oxygens (including phenoxy) is 2. The fourth-order valence-corrected chi connectivity index (χ4v) is 6.33. The van der Waals surface area contributed by atoms with E-state index in [1.165, 1.54) is 23.7 Å². The van der Waals surface area contributed by atoms with E-state index < -0.39 is 41.9 Å². The first-order valence-electron chi connectivity index (χ1n) is 15.2. The molecule has 240 valence electrons. The van der Waals surface area contributed by atoms with E-state index in [9.17, 15) is 19.2 Å². The number of halogens is 1. The zero-order valence-corrected chi connectivity index (χ0v) is 26.5. The number of fused-ring (bicyclic) bond motifs is 1. The standard InChI is InChI=1S/C32H44FN5O6/c1-7-21-28-24(15-32(3,4)16-25(28)40)38(36-21)23-13-12-20(31(34)42)30(29(23)33)35-22-10-8-9-11-26(22)44-27(41)14-19(17-37(5)6)43-18(2)39/h12-13,19,22,26,35H,7-11,14-17H2,1-6H3,(H2,34,42). The second-order valence-electron chi connectivity index (χ2n) is 12.9. The number of nitrogens with zero attached hydrogens (tertiary/aromatic N) is 3. The fraction of sp³-hybridized carbons (Fsp3) is 0.594. The lowest BCUT2D eigenvalue weighted by Gasteiger charge is -2.33.